The zero-order chi connectivity index (χ0) is 16.2. The van der Waals surface area contributed by atoms with E-state index in [0.29, 0.717) is 5.75 Å². The molecule has 0 bridgehead atoms. The summed E-state index contributed by atoms with van der Waals surface area (Å²) in [7, 11) is 0. The van der Waals surface area contributed by atoms with Crippen molar-refractivity contribution in [3.05, 3.63) is 102 Å². The standard InChI is InChI=1S/C21H14O3/c22-19-21(16-11-5-2-6-12-16)20(24-19,15-9-3-1-4-10-15)17-13-7-8-14-18(17)23-21/h1-14H. The first-order chi connectivity index (χ1) is 11.8. The molecule has 0 aromatic heterocycles. The molecule has 2 aliphatic heterocycles. The highest BCUT2D eigenvalue weighted by molar-refractivity contribution is 5.94. The minimum Gasteiger partial charge on any atom is -0.465 e. The number of carbonyl (C=O) groups excluding carboxylic acids is 1. The zero-order valence-electron chi connectivity index (χ0n) is 12.8. The predicted molar refractivity (Wildman–Crippen MR) is 88.5 cm³/mol. The molecule has 3 heteroatoms. The third-order valence-corrected chi connectivity index (χ3v) is 4.92. The average molecular weight is 314 g/mol. The number of carbonyl (C=O) groups is 1. The van der Waals surface area contributed by atoms with Crippen molar-refractivity contribution in [2.45, 2.75) is 11.2 Å². The van der Waals surface area contributed by atoms with E-state index >= 15 is 0 Å². The summed E-state index contributed by atoms with van der Waals surface area (Å²) in [6.45, 7) is 0. The van der Waals surface area contributed by atoms with Crippen LogP contribution in [0.5, 0.6) is 5.75 Å². The van der Waals surface area contributed by atoms with Gasteiger partial charge in [-0.05, 0) is 6.07 Å². The third-order valence-electron chi connectivity index (χ3n) is 4.92. The van der Waals surface area contributed by atoms with Crippen LogP contribution in [-0.2, 0) is 20.7 Å². The van der Waals surface area contributed by atoms with Crippen LogP contribution < -0.4 is 4.74 Å². The second-order valence-electron chi connectivity index (χ2n) is 6.08. The lowest BCUT2D eigenvalue weighted by Crippen LogP contribution is -2.67. The van der Waals surface area contributed by atoms with E-state index in [2.05, 4.69) is 0 Å². The van der Waals surface area contributed by atoms with Crippen molar-refractivity contribution in [3.63, 3.8) is 0 Å². The highest BCUT2D eigenvalue weighted by Crippen LogP contribution is 2.64. The molecular weight excluding hydrogens is 300 g/mol. The monoisotopic (exact) mass is 314 g/mol. The van der Waals surface area contributed by atoms with Crippen LogP contribution in [0, 0.1) is 0 Å². The molecule has 24 heavy (non-hydrogen) atoms. The average Bonchev–Trinajstić information content (AvgIpc) is 2.89. The summed E-state index contributed by atoms with van der Waals surface area (Å²) in [4.78, 5) is 12.7. The van der Waals surface area contributed by atoms with Crippen LogP contribution in [-0.4, -0.2) is 5.97 Å². The van der Waals surface area contributed by atoms with E-state index in [0.717, 1.165) is 16.7 Å². The first-order valence-electron chi connectivity index (χ1n) is 7.92. The lowest BCUT2D eigenvalue weighted by Gasteiger charge is -2.51. The van der Waals surface area contributed by atoms with E-state index in [9.17, 15) is 4.79 Å². The van der Waals surface area contributed by atoms with Gasteiger partial charge in [0.15, 0.2) is 0 Å². The Bertz CT molecular complexity index is 936. The van der Waals surface area contributed by atoms with Gasteiger partial charge in [0.1, 0.15) is 5.75 Å². The van der Waals surface area contributed by atoms with Crippen LogP contribution in [0.15, 0.2) is 84.9 Å². The second kappa shape index (κ2) is 4.48. The minimum absolute atomic E-state index is 0.353. The summed E-state index contributed by atoms with van der Waals surface area (Å²) in [6.07, 6.45) is 0. The molecule has 3 aromatic carbocycles. The molecule has 0 radical (unpaired) electrons. The van der Waals surface area contributed by atoms with Crippen molar-refractivity contribution in [3.8, 4) is 5.75 Å². The van der Waals surface area contributed by atoms with Gasteiger partial charge in [-0.15, -0.1) is 0 Å². The molecule has 1 saturated heterocycles. The lowest BCUT2D eigenvalue weighted by molar-refractivity contribution is -0.245. The summed E-state index contributed by atoms with van der Waals surface area (Å²) >= 11 is 0. The number of hydrogen-bond donors (Lipinski definition) is 0. The second-order valence-corrected chi connectivity index (χ2v) is 6.08. The van der Waals surface area contributed by atoms with E-state index < -0.39 is 11.2 Å². The fourth-order valence-corrected chi connectivity index (χ4v) is 3.89. The number of benzene rings is 3. The van der Waals surface area contributed by atoms with Gasteiger partial charge in [0.25, 0.3) is 5.60 Å². The summed E-state index contributed by atoms with van der Waals surface area (Å²) < 4.78 is 12.1. The van der Waals surface area contributed by atoms with Crippen molar-refractivity contribution in [1.29, 1.82) is 0 Å². The molecule has 3 nitrogen and oxygen atoms in total. The Morgan fingerprint density at radius 1 is 0.583 bits per heavy atom. The summed E-state index contributed by atoms with van der Waals surface area (Å²) in [6, 6.07) is 27.1. The van der Waals surface area contributed by atoms with Crippen LogP contribution in [0.4, 0.5) is 0 Å². The highest BCUT2D eigenvalue weighted by atomic mass is 16.7. The number of hydrogen-bond acceptors (Lipinski definition) is 3. The lowest BCUT2D eigenvalue weighted by atomic mass is 9.67. The van der Waals surface area contributed by atoms with Crippen LogP contribution in [0.1, 0.15) is 16.7 Å². The Balaban J connectivity index is 1.85. The quantitative estimate of drug-likeness (QED) is 0.675. The van der Waals surface area contributed by atoms with Gasteiger partial charge in [-0.1, -0.05) is 78.9 Å². The van der Waals surface area contributed by atoms with Crippen molar-refractivity contribution in [2.24, 2.45) is 0 Å². The van der Waals surface area contributed by atoms with E-state index in [1.165, 1.54) is 0 Å². The van der Waals surface area contributed by atoms with Gasteiger partial charge < -0.3 is 9.47 Å². The van der Waals surface area contributed by atoms with Crippen molar-refractivity contribution >= 4 is 5.97 Å². The van der Waals surface area contributed by atoms with E-state index in [1.807, 2.05) is 84.9 Å². The Morgan fingerprint density at radius 3 is 1.75 bits per heavy atom. The molecule has 5 rings (SSSR count). The molecule has 0 spiro atoms. The van der Waals surface area contributed by atoms with Gasteiger partial charge >= 0.3 is 5.97 Å². The molecule has 0 N–H and O–H groups in total. The highest BCUT2D eigenvalue weighted by Gasteiger charge is 2.78. The van der Waals surface area contributed by atoms with Gasteiger partial charge in [0.2, 0.25) is 5.60 Å². The maximum Gasteiger partial charge on any atom is 0.361 e. The summed E-state index contributed by atoms with van der Waals surface area (Å²) in [5, 5.41) is 0. The Kier molecular flexibility index (Phi) is 2.50. The van der Waals surface area contributed by atoms with Crippen LogP contribution in [0.3, 0.4) is 0 Å². The summed E-state index contributed by atoms with van der Waals surface area (Å²) in [5.74, 6) is 0.338. The van der Waals surface area contributed by atoms with Gasteiger partial charge in [-0.25, -0.2) is 4.79 Å². The third kappa shape index (κ3) is 1.36. The Hall–Kier alpha value is -3.07. The fourth-order valence-electron chi connectivity index (χ4n) is 3.89. The zero-order valence-corrected chi connectivity index (χ0v) is 12.8. The first-order valence-corrected chi connectivity index (χ1v) is 7.92. The number of fused-ring (bicyclic) bond motifs is 3. The number of rotatable bonds is 2. The smallest absolute Gasteiger partial charge is 0.361 e. The maximum absolute atomic E-state index is 12.7. The fraction of sp³-hybridized carbons (Fsp3) is 0.0952. The number of para-hydroxylation sites is 1. The molecule has 116 valence electrons. The van der Waals surface area contributed by atoms with Crippen LogP contribution in [0.25, 0.3) is 0 Å². The van der Waals surface area contributed by atoms with E-state index in [-0.39, 0.29) is 5.97 Å². The van der Waals surface area contributed by atoms with Crippen molar-refractivity contribution in [2.75, 3.05) is 0 Å². The Morgan fingerprint density at radius 2 is 1.12 bits per heavy atom. The van der Waals surface area contributed by atoms with Crippen LogP contribution >= 0.6 is 0 Å². The molecule has 0 saturated carbocycles. The molecule has 2 atom stereocenters. The largest absolute Gasteiger partial charge is 0.465 e. The van der Waals surface area contributed by atoms with Gasteiger partial charge in [-0.3, -0.25) is 0 Å². The number of esters is 1. The SMILES string of the molecule is O=C1OC2(c3ccccc3)c3ccccc3OC12c1ccccc1. The van der Waals surface area contributed by atoms with Gasteiger partial charge in [0, 0.05) is 16.7 Å². The van der Waals surface area contributed by atoms with E-state index in [4.69, 9.17) is 9.47 Å². The minimum atomic E-state index is -1.17. The Labute approximate surface area is 139 Å². The molecule has 3 aromatic rings. The predicted octanol–water partition coefficient (Wildman–Crippen LogP) is 3.77. The molecule has 2 aliphatic rings. The summed E-state index contributed by atoms with van der Waals surface area (Å²) in [5.41, 5.74) is 0.502. The normalized spacial score (nSPS) is 26.6. The molecule has 1 fully saturated rings. The molecule has 2 heterocycles. The molecule has 0 amide bonds. The van der Waals surface area contributed by atoms with Crippen molar-refractivity contribution in [1.82, 2.24) is 0 Å². The van der Waals surface area contributed by atoms with E-state index in [1.54, 1.807) is 0 Å². The molecular formula is C21H14O3. The number of ether oxygens (including phenoxy) is 2. The maximum atomic E-state index is 12.7. The molecule has 0 aliphatic carbocycles. The van der Waals surface area contributed by atoms with Gasteiger partial charge in [-0.2, -0.15) is 0 Å². The first kappa shape index (κ1) is 13.4. The topological polar surface area (TPSA) is 35.5 Å². The van der Waals surface area contributed by atoms with Gasteiger partial charge in [0.05, 0.1) is 0 Å². The van der Waals surface area contributed by atoms with Crippen molar-refractivity contribution < 1.29 is 14.3 Å². The molecule has 2 unspecified atom stereocenters. The van der Waals surface area contributed by atoms with Crippen LogP contribution in [0.2, 0.25) is 0 Å².